The normalized spacial score (nSPS) is 14.3. The number of carbonyl (C=O) groups excluding carboxylic acids is 2. The number of rotatable bonds is 7. The van der Waals surface area contributed by atoms with Gasteiger partial charge in [0.05, 0.1) is 19.9 Å². The van der Waals surface area contributed by atoms with E-state index in [9.17, 15) is 9.59 Å². The fourth-order valence-electron chi connectivity index (χ4n) is 2.51. The number of methoxy groups -OCH3 is 2. The first-order valence-corrected chi connectivity index (χ1v) is 8.01. The number of ether oxygens (including phenoxy) is 2. The highest BCUT2D eigenvalue weighted by Gasteiger charge is 2.32. The van der Waals surface area contributed by atoms with Crippen LogP contribution in [0.15, 0.2) is 18.2 Å². The van der Waals surface area contributed by atoms with E-state index in [1.54, 1.807) is 37.3 Å². The van der Waals surface area contributed by atoms with E-state index in [0.717, 1.165) is 0 Å². The lowest BCUT2D eigenvalue weighted by atomic mass is 10.2. The van der Waals surface area contributed by atoms with Gasteiger partial charge in [-0.2, -0.15) is 0 Å². The monoisotopic (exact) mass is 335 g/mol. The van der Waals surface area contributed by atoms with Crippen LogP contribution in [0.4, 0.5) is 10.5 Å². The number of nitrogens with zero attached hydrogens (tertiary/aromatic N) is 2. The molecular weight excluding hydrogens is 310 g/mol. The van der Waals surface area contributed by atoms with E-state index in [2.05, 4.69) is 5.32 Å². The zero-order valence-corrected chi connectivity index (χ0v) is 14.7. The molecular formula is C17H25N3O4. The number of carbonyl (C=O) groups is 2. The van der Waals surface area contributed by atoms with Crippen LogP contribution in [0.5, 0.6) is 11.5 Å². The van der Waals surface area contributed by atoms with E-state index in [4.69, 9.17) is 9.47 Å². The van der Waals surface area contributed by atoms with E-state index in [1.165, 1.54) is 4.90 Å². The molecule has 0 radical (unpaired) electrons. The van der Waals surface area contributed by atoms with Crippen molar-refractivity contribution in [3.63, 3.8) is 0 Å². The molecule has 1 saturated heterocycles. The number of hydrogen-bond donors (Lipinski definition) is 1. The number of nitrogens with one attached hydrogen (secondary N) is 1. The molecule has 0 aromatic heterocycles. The lowest BCUT2D eigenvalue weighted by Gasteiger charge is -2.21. The molecule has 1 aromatic rings. The van der Waals surface area contributed by atoms with Crippen LogP contribution in [0.1, 0.15) is 13.8 Å². The van der Waals surface area contributed by atoms with Crippen molar-refractivity contribution in [3.8, 4) is 11.5 Å². The summed E-state index contributed by atoms with van der Waals surface area (Å²) >= 11 is 0. The standard InChI is InChI=1S/C17H25N3O4/c1-12(2)10-18-16(21)11-19-7-8-20(17(19)22)14-9-13(23-3)5-6-15(14)24-4/h5-6,9,12H,7-8,10-11H2,1-4H3,(H,18,21). The van der Waals surface area contributed by atoms with Crippen molar-refractivity contribution in [3.05, 3.63) is 18.2 Å². The van der Waals surface area contributed by atoms with Gasteiger partial charge < -0.3 is 19.7 Å². The molecule has 2 rings (SSSR count). The fourth-order valence-corrected chi connectivity index (χ4v) is 2.51. The van der Waals surface area contributed by atoms with Crippen molar-refractivity contribution in [1.82, 2.24) is 10.2 Å². The van der Waals surface area contributed by atoms with Gasteiger partial charge in [0.2, 0.25) is 5.91 Å². The van der Waals surface area contributed by atoms with Crippen LogP contribution in [0, 0.1) is 5.92 Å². The van der Waals surface area contributed by atoms with Crippen LogP contribution < -0.4 is 19.7 Å². The first-order chi connectivity index (χ1) is 11.5. The summed E-state index contributed by atoms with van der Waals surface area (Å²) in [4.78, 5) is 27.7. The zero-order chi connectivity index (χ0) is 17.7. The summed E-state index contributed by atoms with van der Waals surface area (Å²) in [5, 5.41) is 2.83. The maximum Gasteiger partial charge on any atom is 0.325 e. The summed E-state index contributed by atoms with van der Waals surface area (Å²) in [6, 6.07) is 5.10. The van der Waals surface area contributed by atoms with Crippen LogP contribution in [0.3, 0.4) is 0 Å². The SMILES string of the molecule is COc1ccc(OC)c(N2CCN(CC(=O)NCC(C)C)C2=O)c1. The summed E-state index contributed by atoms with van der Waals surface area (Å²) in [6.45, 7) is 5.72. The van der Waals surface area contributed by atoms with Crippen LogP contribution in [0.25, 0.3) is 0 Å². The molecule has 1 fully saturated rings. The highest BCUT2D eigenvalue weighted by molar-refractivity contribution is 5.97. The second kappa shape index (κ2) is 7.90. The molecule has 24 heavy (non-hydrogen) atoms. The molecule has 7 heteroatoms. The molecule has 1 aliphatic rings. The topological polar surface area (TPSA) is 71.1 Å². The average Bonchev–Trinajstić information content (AvgIpc) is 2.93. The predicted molar refractivity (Wildman–Crippen MR) is 91.7 cm³/mol. The van der Waals surface area contributed by atoms with Gasteiger partial charge in [-0.05, 0) is 18.1 Å². The lowest BCUT2D eigenvalue weighted by Crippen LogP contribution is -2.40. The number of urea groups is 1. The summed E-state index contributed by atoms with van der Waals surface area (Å²) in [6.07, 6.45) is 0. The lowest BCUT2D eigenvalue weighted by molar-refractivity contribution is -0.121. The van der Waals surface area contributed by atoms with Gasteiger partial charge in [-0.25, -0.2) is 4.79 Å². The minimum absolute atomic E-state index is 0.0638. The van der Waals surface area contributed by atoms with Crippen LogP contribution in [-0.4, -0.2) is 57.2 Å². The van der Waals surface area contributed by atoms with Gasteiger partial charge in [-0.1, -0.05) is 13.8 Å². The molecule has 1 N–H and O–H groups in total. The molecule has 0 atom stereocenters. The summed E-state index contributed by atoms with van der Waals surface area (Å²) in [5.41, 5.74) is 0.645. The minimum Gasteiger partial charge on any atom is -0.497 e. The van der Waals surface area contributed by atoms with Gasteiger partial charge >= 0.3 is 6.03 Å². The van der Waals surface area contributed by atoms with Crippen molar-refractivity contribution in [2.24, 2.45) is 5.92 Å². The van der Waals surface area contributed by atoms with Crippen molar-refractivity contribution < 1.29 is 19.1 Å². The molecule has 1 aromatic carbocycles. The highest BCUT2D eigenvalue weighted by Crippen LogP contribution is 2.34. The maximum absolute atomic E-state index is 12.6. The smallest absolute Gasteiger partial charge is 0.325 e. The Morgan fingerprint density at radius 2 is 2.00 bits per heavy atom. The Bertz CT molecular complexity index is 603. The number of benzene rings is 1. The summed E-state index contributed by atoms with van der Waals surface area (Å²) < 4.78 is 10.6. The number of anilines is 1. The molecule has 0 unspecified atom stereocenters. The highest BCUT2D eigenvalue weighted by atomic mass is 16.5. The third-order valence-electron chi connectivity index (χ3n) is 3.81. The molecule has 0 aliphatic carbocycles. The molecule has 1 aliphatic heterocycles. The summed E-state index contributed by atoms with van der Waals surface area (Å²) in [7, 11) is 3.13. The van der Waals surface area contributed by atoms with Crippen molar-refractivity contribution in [2.75, 3.05) is 45.3 Å². The van der Waals surface area contributed by atoms with Crippen molar-refractivity contribution in [1.29, 1.82) is 0 Å². The quantitative estimate of drug-likeness (QED) is 0.823. The average molecular weight is 335 g/mol. The van der Waals surface area contributed by atoms with E-state index in [1.807, 2.05) is 13.8 Å². The minimum atomic E-state index is -0.207. The first-order valence-electron chi connectivity index (χ1n) is 8.01. The van der Waals surface area contributed by atoms with Crippen molar-refractivity contribution >= 4 is 17.6 Å². The van der Waals surface area contributed by atoms with E-state index in [-0.39, 0.29) is 18.5 Å². The Hall–Kier alpha value is -2.44. The fraction of sp³-hybridized carbons (Fsp3) is 0.529. The van der Waals surface area contributed by atoms with Crippen LogP contribution in [-0.2, 0) is 4.79 Å². The van der Waals surface area contributed by atoms with Crippen molar-refractivity contribution in [2.45, 2.75) is 13.8 Å². The van der Waals surface area contributed by atoms with Gasteiger partial charge in [0.1, 0.15) is 18.0 Å². The molecule has 1 heterocycles. The third-order valence-corrected chi connectivity index (χ3v) is 3.81. The largest absolute Gasteiger partial charge is 0.497 e. The van der Waals surface area contributed by atoms with Gasteiger partial charge in [-0.3, -0.25) is 9.69 Å². The second-order valence-electron chi connectivity index (χ2n) is 6.09. The van der Waals surface area contributed by atoms with E-state index < -0.39 is 0 Å². The number of amides is 3. The molecule has 7 nitrogen and oxygen atoms in total. The molecule has 3 amide bonds. The van der Waals surface area contributed by atoms with Gasteiger partial charge in [0, 0.05) is 25.7 Å². The Morgan fingerprint density at radius 1 is 1.25 bits per heavy atom. The van der Waals surface area contributed by atoms with Crippen LogP contribution in [0.2, 0.25) is 0 Å². The summed E-state index contributed by atoms with van der Waals surface area (Å²) in [5.74, 6) is 1.47. The van der Waals surface area contributed by atoms with E-state index in [0.29, 0.717) is 42.7 Å². The molecule has 0 spiro atoms. The van der Waals surface area contributed by atoms with E-state index >= 15 is 0 Å². The molecule has 0 saturated carbocycles. The maximum atomic E-state index is 12.6. The number of hydrogen-bond acceptors (Lipinski definition) is 4. The molecule has 0 bridgehead atoms. The Labute approximate surface area is 142 Å². The van der Waals surface area contributed by atoms with Gasteiger partial charge in [0.25, 0.3) is 0 Å². The van der Waals surface area contributed by atoms with Crippen LogP contribution >= 0.6 is 0 Å². The first kappa shape index (κ1) is 17.9. The zero-order valence-electron chi connectivity index (χ0n) is 14.7. The van der Waals surface area contributed by atoms with Gasteiger partial charge in [0.15, 0.2) is 0 Å². The molecule has 132 valence electrons. The second-order valence-corrected chi connectivity index (χ2v) is 6.09. The Kier molecular flexibility index (Phi) is 5.89. The Balaban J connectivity index is 2.07. The Morgan fingerprint density at radius 3 is 2.62 bits per heavy atom. The van der Waals surface area contributed by atoms with Gasteiger partial charge in [-0.15, -0.1) is 0 Å². The predicted octanol–water partition coefficient (Wildman–Crippen LogP) is 1.72. The third kappa shape index (κ3) is 4.10.